The molecule has 8 heteroatoms. The summed E-state index contributed by atoms with van der Waals surface area (Å²) in [7, 11) is 1.67. The number of unbranched alkanes of at least 4 members (excludes halogenated alkanes) is 1. The zero-order valence-corrected chi connectivity index (χ0v) is 16.4. The summed E-state index contributed by atoms with van der Waals surface area (Å²) in [6.07, 6.45) is 2.17. The molecule has 0 saturated heterocycles. The minimum absolute atomic E-state index is 0.00729. The van der Waals surface area contributed by atoms with Gasteiger partial charge in [0.15, 0.2) is 5.16 Å². The maximum atomic E-state index is 12.5. The Bertz CT molecular complexity index is 786. The van der Waals surface area contributed by atoms with Crippen LogP contribution in [-0.2, 0) is 11.3 Å². The predicted molar refractivity (Wildman–Crippen MR) is 104 cm³/mol. The van der Waals surface area contributed by atoms with E-state index in [-0.39, 0.29) is 17.3 Å². The number of imidazole rings is 1. The van der Waals surface area contributed by atoms with E-state index in [9.17, 15) is 14.9 Å². The minimum Gasteiger partial charge on any atom is -0.323 e. The molecule has 0 unspecified atom stereocenters. The molecule has 2 rings (SSSR count). The van der Waals surface area contributed by atoms with Gasteiger partial charge in [0, 0.05) is 37.1 Å². The molecule has 2 aromatic rings. The highest BCUT2D eigenvalue weighted by atomic mass is 32.2. The van der Waals surface area contributed by atoms with Crippen LogP contribution in [0.1, 0.15) is 31.2 Å². The monoisotopic (exact) mass is 376 g/mol. The summed E-state index contributed by atoms with van der Waals surface area (Å²) in [5.74, 6) is 0.180. The van der Waals surface area contributed by atoms with Gasteiger partial charge >= 0.3 is 0 Å². The summed E-state index contributed by atoms with van der Waals surface area (Å²) in [4.78, 5) is 28.8. The van der Waals surface area contributed by atoms with Crippen LogP contribution in [0.5, 0.6) is 0 Å². The van der Waals surface area contributed by atoms with Crippen LogP contribution in [0.15, 0.2) is 29.4 Å². The van der Waals surface area contributed by atoms with Crippen LogP contribution in [-0.4, -0.2) is 33.2 Å². The standard InChI is InChI=1S/C18H24N4O3S/c1-5-6-11-21-14(3)13(2)19-18(21)26-12-17(23)20(4)15-7-9-16(10-8-15)22(24)25/h7-10H,5-6,11-12H2,1-4H3. The third-order valence-corrected chi connectivity index (χ3v) is 5.27. The second-order valence-corrected chi connectivity index (χ2v) is 7.03. The summed E-state index contributed by atoms with van der Waals surface area (Å²) >= 11 is 1.42. The van der Waals surface area contributed by atoms with E-state index in [0.717, 1.165) is 35.9 Å². The largest absolute Gasteiger partial charge is 0.323 e. The smallest absolute Gasteiger partial charge is 0.269 e. The second-order valence-electron chi connectivity index (χ2n) is 6.09. The number of thioether (sulfide) groups is 1. The first-order valence-corrected chi connectivity index (χ1v) is 9.51. The molecular formula is C18H24N4O3S. The van der Waals surface area contributed by atoms with Crippen molar-refractivity contribution in [1.82, 2.24) is 9.55 Å². The summed E-state index contributed by atoms with van der Waals surface area (Å²) in [6, 6.07) is 5.96. The van der Waals surface area contributed by atoms with E-state index in [2.05, 4.69) is 16.5 Å². The third-order valence-electron chi connectivity index (χ3n) is 4.30. The molecule has 0 aliphatic rings. The Labute approximate surface area is 157 Å². The Kier molecular flexibility index (Phi) is 6.79. The molecule has 140 valence electrons. The fourth-order valence-corrected chi connectivity index (χ4v) is 3.51. The van der Waals surface area contributed by atoms with Crippen molar-refractivity contribution in [3.63, 3.8) is 0 Å². The number of nitro benzene ring substituents is 1. The van der Waals surface area contributed by atoms with Gasteiger partial charge in [0.05, 0.1) is 16.4 Å². The number of aromatic nitrogens is 2. The van der Waals surface area contributed by atoms with Crippen molar-refractivity contribution in [3.05, 3.63) is 45.8 Å². The molecular weight excluding hydrogens is 352 g/mol. The summed E-state index contributed by atoms with van der Waals surface area (Å²) in [6.45, 7) is 7.08. The molecule has 1 aromatic heterocycles. The molecule has 0 bridgehead atoms. The SMILES string of the molecule is CCCCn1c(SCC(=O)N(C)c2ccc([N+](=O)[O-])cc2)nc(C)c1C. The number of rotatable bonds is 8. The highest BCUT2D eigenvalue weighted by molar-refractivity contribution is 7.99. The van der Waals surface area contributed by atoms with Crippen LogP contribution >= 0.6 is 11.8 Å². The van der Waals surface area contributed by atoms with E-state index in [4.69, 9.17) is 0 Å². The van der Waals surface area contributed by atoms with Gasteiger partial charge in [0.2, 0.25) is 5.91 Å². The number of anilines is 1. The Morgan fingerprint density at radius 3 is 2.54 bits per heavy atom. The van der Waals surface area contributed by atoms with Gasteiger partial charge in [-0.3, -0.25) is 14.9 Å². The maximum absolute atomic E-state index is 12.5. The number of aryl methyl sites for hydroxylation is 1. The lowest BCUT2D eigenvalue weighted by Crippen LogP contribution is -2.28. The van der Waals surface area contributed by atoms with E-state index < -0.39 is 4.92 Å². The predicted octanol–water partition coefficient (Wildman–Crippen LogP) is 3.96. The molecule has 0 fully saturated rings. The molecule has 1 heterocycles. The second kappa shape index (κ2) is 8.84. The number of carbonyl (C=O) groups is 1. The van der Waals surface area contributed by atoms with E-state index >= 15 is 0 Å². The van der Waals surface area contributed by atoms with E-state index in [1.54, 1.807) is 19.2 Å². The first-order chi connectivity index (χ1) is 12.3. The van der Waals surface area contributed by atoms with Crippen LogP contribution in [0.4, 0.5) is 11.4 Å². The zero-order chi connectivity index (χ0) is 19.3. The first kappa shape index (κ1) is 20.0. The highest BCUT2D eigenvalue weighted by Crippen LogP contribution is 2.24. The molecule has 0 radical (unpaired) electrons. The number of nitrogens with zero attached hydrogens (tertiary/aromatic N) is 4. The van der Waals surface area contributed by atoms with Crippen LogP contribution in [0, 0.1) is 24.0 Å². The van der Waals surface area contributed by atoms with Gasteiger partial charge in [-0.1, -0.05) is 25.1 Å². The van der Waals surface area contributed by atoms with Crippen LogP contribution in [0.25, 0.3) is 0 Å². The number of nitro groups is 1. The van der Waals surface area contributed by atoms with Gasteiger partial charge < -0.3 is 9.47 Å². The van der Waals surface area contributed by atoms with Crippen molar-refractivity contribution in [3.8, 4) is 0 Å². The Balaban J connectivity index is 2.04. The van der Waals surface area contributed by atoms with Gasteiger partial charge in [-0.05, 0) is 32.4 Å². The topological polar surface area (TPSA) is 81.3 Å². The maximum Gasteiger partial charge on any atom is 0.269 e. The lowest BCUT2D eigenvalue weighted by atomic mass is 10.2. The highest BCUT2D eigenvalue weighted by Gasteiger charge is 2.16. The van der Waals surface area contributed by atoms with Crippen molar-refractivity contribution >= 4 is 29.0 Å². The van der Waals surface area contributed by atoms with Crippen LogP contribution < -0.4 is 4.90 Å². The van der Waals surface area contributed by atoms with Crippen molar-refractivity contribution in [2.75, 3.05) is 17.7 Å². The Morgan fingerprint density at radius 1 is 1.31 bits per heavy atom. The van der Waals surface area contributed by atoms with E-state index in [0.29, 0.717) is 5.69 Å². The molecule has 1 amide bonds. The van der Waals surface area contributed by atoms with Gasteiger partial charge in [0.25, 0.3) is 5.69 Å². The van der Waals surface area contributed by atoms with Crippen LogP contribution in [0.2, 0.25) is 0 Å². The van der Waals surface area contributed by atoms with Gasteiger partial charge in [-0.2, -0.15) is 0 Å². The number of hydrogen-bond donors (Lipinski definition) is 0. The molecule has 0 aliphatic carbocycles. The van der Waals surface area contributed by atoms with Crippen molar-refractivity contribution < 1.29 is 9.72 Å². The van der Waals surface area contributed by atoms with Crippen LogP contribution in [0.3, 0.4) is 0 Å². The van der Waals surface area contributed by atoms with E-state index in [1.807, 2.05) is 13.8 Å². The van der Waals surface area contributed by atoms with Crippen molar-refractivity contribution in [1.29, 1.82) is 0 Å². The average Bonchev–Trinajstić information content (AvgIpc) is 2.91. The van der Waals surface area contributed by atoms with Crippen molar-refractivity contribution in [2.45, 2.75) is 45.3 Å². The molecule has 26 heavy (non-hydrogen) atoms. The van der Waals surface area contributed by atoms with E-state index in [1.165, 1.54) is 28.8 Å². The third kappa shape index (κ3) is 4.63. The molecule has 0 aliphatic heterocycles. The number of carbonyl (C=O) groups excluding carboxylic acids is 1. The fourth-order valence-electron chi connectivity index (χ4n) is 2.48. The number of benzene rings is 1. The lowest BCUT2D eigenvalue weighted by Gasteiger charge is -2.17. The first-order valence-electron chi connectivity index (χ1n) is 8.52. The van der Waals surface area contributed by atoms with Crippen molar-refractivity contribution in [2.24, 2.45) is 0 Å². The average molecular weight is 376 g/mol. The van der Waals surface area contributed by atoms with Gasteiger partial charge in [0.1, 0.15) is 0 Å². The quantitative estimate of drug-likeness (QED) is 0.396. The molecule has 0 spiro atoms. The minimum atomic E-state index is -0.456. The number of amides is 1. The molecule has 0 atom stereocenters. The Hall–Kier alpha value is -2.35. The summed E-state index contributed by atoms with van der Waals surface area (Å²) in [5.41, 5.74) is 2.76. The molecule has 0 saturated carbocycles. The molecule has 7 nitrogen and oxygen atoms in total. The van der Waals surface area contributed by atoms with Gasteiger partial charge in [-0.25, -0.2) is 4.98 Å². The fraction of sp³-hybridized carbons (Fsp3) is 0.444. The lowest BCUT2D eigenvalue weighted by molar-refractivity contribution is -0.384. The number of non-ortho nitro benzene ring substituents is 1. The summed E-state index contributed by atoms with van der Waals surface area (Å²) in [5, 5.41) is 11.6. The Morgan fingerprint density at radius 2 is 1.96 bits per heavy atom. The molecule has 0 N–H and O–H groups in total. The van der Waals surface area contributed by atoms with Gasteiger partial charge in [-0.15, -0.1) is 0 Å². The summed E-state index contributed by atoms with van der Waals surface area (Å²) < 4.78 is 2.17. The zero-order valence-electron chi connectivity index (χ0n) is 15.6. The normalized spacial score (nSPS) is 10.8. The molecule has 1 aromatic carbocycles. The number of hydrogen-bond acceptors (Lipinski definition) is 5.